The average molecular weight is 271 g/mol. The smallest absolute Gasteiger partial charge is 0.167 e. The molecule has 0 heterocycles. The molecule has 2 aliphatic rings. The highest BCUT2D eigenvalue weighted by Gasteiger charge is 2.48. The summed E-state index contributed by atoms with van der Waals surface area (Å²) >= 11 is 0. The van der Waals surface area contributed by atoms with Crippen LogP contribution in [0.5, 0.6) is 0 Å². The molecule has 0 amide bonds. The molecule has 0 saturated heterocycles. The molecule has 2 aliphatic carbocycles. The third-order valence-corrected chi connectivity index (χ3v) is 5.14. The van der Waals surface area contributed by atoms with E-state index in [0.717, 1.165) is 12.0 Å². The lowest BCUT2D eigenvalue weighted by Gasteiger charge is -2.27. The first kappa shape index (κ1) is 13.8. The second kappa shape index (κ2) is 5.33. The lowest BCUT2D eigenvalue weighted by molar-refractivity contribution is 0.0856. The van der Waals surface area contributed by atoms with Crippen LogP contribution >= 0.6 is 0 Å². The van der Waals surface area contributed by atoms with Crippen LogP contribution in [0.1, 0.15) is 49.0 Å². The van der Waals surface area contributed by atoms with E-state index >= 15 is 0 Å². The number of fused-ring (bicyclic) bond motifs is 2. The first-order chi connectivity index (χ1) is 9.56. The Balaban J connectivity index is 1.80. The van der Waals surface area contributed by atoms with Crippen molar-refractivity contribution >= 4 is 5.78 Å². The molecule has 0 radical (unpaired) electrons. The van der Waals surface area contributed by atoms with E-state index in [1.165, 1.54) is 24.8 Å². The standard InChI is InChI=1S/C18H25NO/c1-11(2)8-12-4-3-5-15(9-12)18(20)16-13-6-7-14(10-13)17(16)19/h3-5,9,11,13-14,16-17H,6-8,10,19H2,1-2H3. The molecule has 4 atom stereocenters. The number of benzene rings is 1. The van der Waals surface area contributed by atoms with Crippen LogP contribution < -0.4 is 5.73 Å². The zero-order valence-corrected chi connectivity index (χ0v) is 12.5. The predicted octanol–water partition coefficient (Wildman–Crippen LogP) is 3.44. The van der Waals surface area contributed by atoms with Crippen molar-refractivity contribution < 1.29 is 4.79 Å². The van der Waals surface area contributed by atoms with Crippen LogP contribution in [-0.4, -0.2) is 11.8 Å². The summed E-state index contributed by atoms with van der Waals surface area (Å²) in [6.07, 6.45) is 4.62. The highest BCUT2D eigenvalue weighted by molar-refractivity contribution is 5.99. The van der Waals surface area contributed by atoms with Gasteiger partial charge in [-0.15, -0.1) is 0 Å². The maximum atomic E-state index is 12.8. The average Bonchev–Trinajstić information content (AvgIpc) is 2.98. The van der Waals surface area contributed by atoms with E-state index in [9.17, 15) is 4.79 Å². The van der Waals surface area contributed by atoms with Gasteiger partial charge in [0.1, 0.15) is 0 Å². The van der Waals surface area contributed by atoms with Crippen molar-refractivity contribution in [1.29, 1.82) is 0 Å². The van der Waals surface area contributed by atoms with E-state index in [1.807, 2.05) is 12.1 Å². The Kier molecular flexibility index (Phi) is 3.68. The first-order valence-electron chi connectivity index (χ1n) is 7.95. The van der Waals surface area contributed by atoms with Gasteiger partial charge in [-0.2, -0.15) is 0 Å². The maximum absolute atomic E-state index is 12.8. The van der Waals surface area contributed by atoms with Crippen molar-refractivity contribution in [2.45, 2.75) is 45.6 Å². The van der Waals surface area contributed by atoms with Gasteiger partial charge in [0, 0.05) is 17.5 Å². The zero-order valence-electron chi connectivity index (χ0n) is 12.5. The Bertz CT molecular complexity index is 506. The van der Waals surface area contributed by atoms with Crippen LogP contribution in [0.3, 0.4) is 0 Å². The van der Waals surface area contributed by atoms with Gasteiger partial charge in [0.15, 0.2) is 5.78 Å². The van der Waals surface area contributed by atoms with Gasteiger partial charge >= 0.3 is 0 Å². The quantitative estimate of drug-likeness (QED) is 0.852. The number of carbonyl (C=O) groups is 1. The molecule has 4 unspecified atom stereocenters. The molecule has 2 nitrogen and oxygen atoms in total. The minimum atomic E-state index is 0.0723. The van der Waals surface area contributed by atoms with Crippen LogP contribution in [0.4, 0.5) is 0 Å². The normalized spacial score (nSPS) is 32.0. The van der Waals surface area contributed by atoms with Crippen LogP contribution in [-0.2, 0) is 6.42 Å². The molecule has 1 aromatic rings. The second-order valence-electron chi connectivity index (χ2n) is 7.10. The fourth-order valence-electron chi connectivity index (χ4n) is 4.24. The minimum absolute atomic E-state index is 0.0723. The van der Waals surface area contributed by atoms with Gasteiger partial charge in [-0.3, -0.25) is 4.79 Å². The molecular weight excluding hydrogens is 246 g/mol. The molecular formula is C18H25NO. The molecule has 2 N–H and O–H groups in total. The van der Waals surface area contributed by atoms with Gasteiger partial charge in [-0.05, 0) is 55.1 Å². The van der Waals surface area contributed by atoms with Gasteiger partial charge in [0.25, 0.3) is 0 Å². The molecule has 2 bridgehead atoms. The van der Waals surface area contributed by atoms with E-state index in [-0.39, 0.29) is 17.7 Å². The van der Waals surface area contributed by atoms with Gasteiger partial charge in [-0.25, -0.2) is 0 Å². The second-order valence-corrected chi connectivity index (χ2v) is 7.10. The molecule has 3 rings (SSSR count). The molecule has 20 heavy (non-hydrogen) atoms. The topological polar surface area (TPSA) is 43.1 Å². The fourth-order valence-corrected chi connectivity index (χ4v) is 4.24. The molecule has 2 saturated carbocycles. The van der Waals surface area contributed by atoms with E-state index in [1.54, 1.807) is 0 Å². The van der Waals surface area contributed by atoms with Crippen molar-refractivity contribution in [2.75, 3.05) is 0 Å². The summed E-state index contributed by atoms with van der Waals surface area (Å²) in [4.78, 5) is 12.8. The lowest BCUT2D eigenvalue weighted by Crippen LogP contribution is -2.40. The number of carbonyl (C=O) groups excluding carboxylic acids is 1. The van der Waals surface area contributed by atoms with E-state index in [0.29, 0.717) is 17.8 Å². The Morgan fingerprint density at radius 2 is 2.05 bits per heavy atom. The Labute approximate surface area is 121 Å². The zero-order chi connectivity index (χ0) is 14.3. The summed E-state index contributed by atoms with van der Waals surface area (Å²) in [6, 6.07) is 8.28. The summed E-state index contributed by atoms with van der Waals surface area (Å²) in [6.45, 7) is 4.42. The Morgan fingerprint density at radius 3 is 2.70 bits per heavy atom. The van der Waals surface area contributed by atoms with E-state index in [4.69, 9.17) is 5.73 Å². The molecule has 2 fully saturated rings. The van der Waals surface area contributed by atoms with Gasteiger partial charge in [0.05, 0.1) is 0 Å². The molecule has 0 aromatic heterocycles. The number of hydrogen-bond donors (Lipinski definition) is 1. The maximum Gasteiger partial charge on any atom is 0.167 e. The van der Waals surface area contributed by atoms with Crippen LogP contribution in [0.2, 0.25) is 0 Å². The molecule has 2 heteroatoms. The summed E-state index contributed by atoms with van der Waals surface area (Å²) in [7, 11) is 0. The summed E-state index contributed by atoms with van der Waals surface area (Å²) in [5.41, 5.74) is 8.44. The number of rotatable bonds is 4. The summed E-state index contributed by atoms with van der Waals surface area (Å²) < 4.78 is 0. The summed E-state index contributed by atoms with van der Waals surface area (Å²) in [5.74, 6) is 2.10. The Hall–Kier alpha value is -1.15. The van der Waals surface area contributed by atoms with E-state index < -0.39 is 0 Å². The lowest BCUT2D eigenvalue weighted by atomic mass is 9.80. The third kappa shape index (κ3) is 2.42. The number of ketones is 1. The number of Topliss-reactive ketones (excluding diaryl/α,β-unsaturated/α-hetero) is 1. The van der Waals surface area contributed by atoms with Gasteiger partial charge < -0.3 is 5.73 Å². The Morgan fingerprint density at radius 1 is 1.30 bits per heavy atom. The largest absolute Gasteiger partial charge is 0.327 e. The molecule has 0 spiro atoms. The predicted molar refractivity (Wildman–Crippen MR) is 81.6 cm³/mol. The fraction of sp³-hybridized carbons (Fsp3) is 0.611. The molecule has 1 aromatic carbocycles. The van der Waals surface area contributed by atoms with Crippen LogP contribution in [0.15, 0.2) is 24.3 Å². The summed E-state index contributed by atoms with van der Waals surface area (Å²) in [5, 5.41) is 0. The van der Waals surface area contributed by atoms with Crippen molar-refractivity contribution in [3.8, 4) is 0 Å². The van der Waals surface area contributed by atoms with Crippen LogP contribution in [0.25, 0.3) is 0 Å². The highest BCUT2D eigenvalue weighted by Crippen LogP contribution is 2.48. The van der Waals surface area contributed by atoms with Crippen molar-refractivity contribution in [2.24, 2.45) is 29.4 Å². The van der Waals surface area contributed by atoms with Gasteiger partial charge in [-0.1, -0.05) is 32.0 Å². The molecule has 0 aliphatic heterocycles. The number of hydrogen-bond acceptors (Lipinski definition) is 2. The SMILES string of the molecule is CC(C)Cc1cccc(C(=O)C2C3CCC(C3)C2N)c1. The first-order valence-corrected chi connectivity index (χ1v) is 7.95. The van der Waals surface area contributed by atoms with Crippen molar-refractivity contribution in [3.63, 3.8) is 0 Å². The van der Waals surface area contributed by atoms with Crippen molar-refractivity contribution in [3.05, 3.63) is 35.4 Å². The minimum Gasteiger partial charge on any atom is -0.327 e. The third-order valence-electron chi connectivity index (χ3n) is 5.14. The highest BCUT2D eigenvalue weighted by atomic mass is 16.1. The van der Waals surface area contributed by atoms with Crippen LogP contribution in [0, 0.1) is 23.7 Å². The van der Waals surface area contributed by atoms with Crippen molar-refractivity contribution in [1.82, 2.24) is 0 Å². The number of nitrogens with two attached hydrogens (primary N) is 1. The molecule has 108 valence electrons. The van der Waals surface area contributed by atoms with E-state index in [2.05, 4.69) is 26.0 Å². The monoisotopic (exact) mass is 271 g/mol. The van der Waals surface area contributed by atoms with Gasteiger partial charge in [0.2, 0.25) is 0 Å².